The van der Waals surface area contributed by atoms with Crippen LogP contribution in [0.1, 0.15) is 56.3 Å². The first-order valence-corrected chi connectivity index (χ1v) is 11.5. The smallest absolute Gasteiger partial charge is 0.410 e. The molecule has 34 heavy (non-hydrogen) atoms. The monoisotopic (exact) mass is 472 g/mol. The molecule has 0 aliphatic carbocycles. The van der Waals surface area contributed by atoms with Gasteiger partial charge in [-0.15, -0.1) is 0 Å². The van der Waals surface area contributed by atoms with Crippen LogP contribution in [-0.2, 0) is 25.5 Å². The average molecular weight is 473 g/mol. The lowest BCUT2D eigenvalue weighted by Crippen LogP contribution is -2.54. The number of esters is 1. The van der Waals surface area contributed by atoms with Gasteiger partial charge in [0.2, 0.25) is 5.91 Å². The number of hydrogen-bond donors (Lipinski definition) is 0. The third-order valence-electron chi connectivity index (χ3n) is 6.13. The molecule has 184 valence electrons. The summed E-state index contributed by atoms with van der Waals surface area (Å²) < 4.78 is 18.0. The molecule has 0 spiro atoms. The second-order valence-corrected chi connectivity index (χ2v) is 9.72. The molecule has 2 aliphatic heterocycles. The molecule has 10 heteroatoms. The zero-order chi connectivity index (χ0) is 24.6. The number of nitrogens with zero attached hydrogens (tertiary/aromatic N) is 4. The van der Waals surface area contributed by atoms with E-state index in [1.807, 2.05) is 11.5 Å². The molecule has 2 aliphatic rings. The molecule has 10 nitrogen and oxygen atoms in total. The number of fused-ring (bicyclic) bond motifs is 1. The maximum absolute atomic E-state index is 13.0. The van der Waals surface area contributed by atoms with Crippen molar-refractivity contribution in [2.24, 2.45) is 0 Å². The van der Waals surface area contributed by atoms with Crippen molar-refractivity contribution in [3.05, 3.63) is 29.6 Å². The Balaban J connectivity index is 1.59. The Bertz CT molecular complexity index is 1100. The molecule has 3 heterocycles. The van der Waals surface area contributed by atoms with Crippen LogP contribution in [0.15, 0.2) is 18.2 Å². The molecule has 2 saturated heterocycles. The van der Waals surface area contributed by atoms with Gasteiger partial charge >= 0.3 is 12.1 Å². The van der Waals surface area contributed by atoms with Gasteiger partial charge in [0.1, 0.15) is 18.0 Å². The van der Waals surface area contributed by atoms with E-state index in [9.17, 15) is 14.4 Å². The zero-order valence-electron chi connectivity index (χ0n) is 20.4. The van der Waals surface area contributed by atoms with E-state index in [2.05, 4.69) is 0 Å². The molecule has 4 rings (SSSR count). The van der Waals surface area contributed by atoms with Crippen LogP contribution in [0.5, 0.6) is 0 Å². The van der Waals surface area contributed by atoms with E-state index in [4.69, 9.17) is 19.2 Å². The van der Waals surface area contributed by atoms with Crippen LogP contribution >= 0.6 is 0 Å². The second-order valence-electron chi connectivity index (χ2n) is 9.72. The van der Waals surface area contributed by atoms with Crippen molar-refractivity contribution < 1.29 is 28.6 Å². The van der Waals surface area contributed by atoms with Crippen molar-refractivity contribution in [2.45, 2.75) is 58.4 Å². The van der Waals surface area contributed by atoms with Gasteiger partial charge in [-0.25, -0.2) is 14.6 Å². The summed E-state index contributed by atoms with van der Waals surface area (Å²) in [5.41, 5.74) is 1.34. The van der Waals surface area contributed by atoms with Gasteiger partial charge < -0.3 is 23.7 Å². The highest BCUT2D eigenvalue weighted by atomic mass is 16.6. The lowest BCUT2D eigenvalue weighted by Gasteiger charge is -2.38. The van der Waals surface area contributed by atoms with Crippen molar-refractivity contribution in [2.75, 3.05) is 33.4 Å². The number of carbonyl (C=O) groups is 3. The summed E-state index contributed by atoms with van der Waals surface area (Å²) in [5, 5.41) is 0. The number of amides is 2. The predicted molar refractivity (Wildman–Crippen MR) is 123 cm³/mol. The number of hydrogen-bond acceptors (Lipinski definition) is 7. The standard InChI is InChI=1S/C24H32N4O6/c1-15(27-10-9-26(14-20(27)29)23(31)34-24(2,3)4)21-25-18-7-6-16(22(30)32-5)12-19(18)28(21)13-17-8-11-33-17/h6-7,12,15,17H,8-11,13-14H2,1-5H3. The van der Waals surface area contributed by atoms with Gasteiger partial charge in [-0.05, 0) is 52.3 Å². The van der Waals surface area contributed by atoms with Gasteiger partial charge in [0.25, 0.3) is 0 Å². The summed E-state index contributed by atoms with van der Waals surface area (Å²) in [6, 6.07) is 4.91. The fraction of sp³-hybridized carbons (Fsp3) is 0.583. The molecular weight excluding hydrogens is 440 g/mol. The Morgan fingerprint density at radius 2 is 2.00 bits per heavy atom. The second kappa shape index (κ2) is 9.25. The number of aromatic nitrogens is 2. The first kappa shape index (κ1) is 24.0. The Kier molecular flexibility index (Phi) is 6.53. The van der Waals surface area contributed by atoms with Crippen LogP contribution < -0.4 is 0 Å². The summed E-state index contributed by atoms with van der Waals surface area (Å²) >= 11 is 0. The van der Waals surface area contributed by atoms with Crippen molar-refractivity contribution in [1.29, 1.82) is 0 Å². The number of carbonyl (C=O) groups excluding carboxylic acids is 3. The van der Waals surface area contributed by atoms with Crippen molar-refractivity contribution >= 4 is 29.0 Å². The van der Waals surface area contributed by atoms with Gasteiger partial charge in [0, 0.05) is 19.7 Å². The number of ether oxygens (including phenoxy) is 3. The van der Waals surface area contributed by atoms with Crippen LogP contribution in [0.3, 0.4) is 0 Å². The van der Waals surface area contributed by atoms with Crippen molar-refractivity contribution in [1.82, 2.24) is 19.4 Å². The number of benzene rings is 1. The summed E-state index contributed by atoms with van der Waals surface area (Å²) in [7, 11) is 1.35. The quantitative estimate of drug-likeness (QED) is 0.617. The van der Waals surface area contributed by atoms with Crippen molar-refractivity contribution in [3.63, 3.8) is 0 Å². The van der Waals surface area contributed by atoms with E-state index < -0.39 is 17.7 Å². The molecule has 0 N–H and O–H groups in total. The first-order valence-electron chi connectivity index (χ1n) is 11.5. The van der Waals surface area contributed by atoms with Crippen molar-refractivity contribution in [3.8, 4) is 0 Å². The zero-order valence-corrected chi connectivity index (χ0v) is 20.4. The molecule has 0 saturated carbocycles. The normalized spacial score (nSPS) is 19.7. The molecular formula is C24H32N4O6. The topological polar surface area (TPSA) is 103 Å². The van der Waals surface area contributed by atoms with Crippen LogP contribution in [0, 0.1) is 0 Å². The Morgan fingerprint density at radius 1 is 1.26 bits per heavy atom. The van der Waals surface area contributed by atoms with Crippen LogP contribution in [0.25, 0.3) is 11.0 Å². The third kappa shape index (κ3) is 4.86. The largest absolute Gasteiger partial charge is 0.465 e. The molecule has 2 atom stereocenters. The minimum atomic E-state index is -0.623. The maximum atomic E-state index is 13.0. The number of imidazole rings is 1. The molecule has 1 aromatic carbocycles. The predicted octanol–water partition coefficient (Wildman–Crippen LogP) is 2.75. The van der Waals surface area contributed by atoms with E-state index in [1.54, 1.807) is 43.9 Å². The highest BCUT2D eigenvalue weighted by Crippen LogP contribution is 2.29. The van der Waals surface area contributed by atoms with Gasteiger partial charge in [-0.3, -0.25) is 9.69 Å². The van der Waals surface area contributed by atoms with Gasteiger partial charge in [-0.2, -0.15) is 0 Å². The van der Waals surface area contributed by atoms with E-state index in [0.717, 1.165) is 24.1 Å². The van der Waals surface area contributed by atoms with Crippen LogP contribution in [-0.4, -0.2) is 82.4 Å². The average Bonchev–Trinajstić information content (AvgIpc) is 3.11. The van der Waals surface area contributed by atoms with E-state index in [-0.39, 0.29) is 24.6 Å². The Morgan fingerprint density at radius 3 is 2.59 bits per heavy atom. The van der Waals surface area contributed by atoms with Gasteiger partial charge in [0.15, 0.2) is 0 Å². The fourth-order valence-electron chi connectivity index (χ4n) is 4.25. The molecule has 2 aromatic rings. The molecule has 0 radical (unpaired) electrons. The molecule has 2 amide bonds. The highest BCUT2D eigenvalue weighted by molar-refractivity contribution is 5.93. The highest BCUT2D eigenvalue weighted by Gasteiger charge is 2.35. The van der Waals surface area contributed by atoms with Crippen LogP contribution in [0.4, 0.5) is 4.79 Å². The first-order chi connectivity index (χ1) is 16.1. The Labute approximate surface area is 198 Å². The molecule has 0 bridgehead atoms. The van der Waals surface area contributed by atoms with E-state index in [0.29, 0.717) is 31.0 Å². The SMILES string of the molecule is COC(=O)c1ccc2nc(C(C)N3CCN(C(=O)OC(C)(C)C)CC3=O)n(CC3CCO3)c2c1. The summed E-state index contributed by atoms with van der Waals surface area (Å²) in [6.45, 7) is 9.33. The summed E-state index contributed by atoms with van der Waals surface area (Å²) in [5.74, 6) is 0.127. The van der Waals surface area contributed by atoms with E-state index >= 15 is 0 Å². The fourth-order valence-corrected chi connectivity index (χ4v) is 4.25. The molecule has 2 fully saturated rings. The minimum absolute atomic E-state index is 0.0439. The minimum Gasteiger partial charge on any atom is -0.465 e. The molecule has 1 aromatic heterocycles. The maximum Gasteiger partial charge on any atom is 0.410 e. The Hall–Kier alpha value is -3.14. The lowest BCUT2D eigenvalue weighted by atomic mass is 10.1. The van der Waals surface area contributed by atoms with Crippen LogP contribution in [0.2, 0.25) is 0 Å². The summed E-state index contributed by atoms with van der Waals surface area (Å²) in [6.07, 6.45) is 0.514. The van der Waals surface area contributed by atoms with Gasteiger partial charge in [-0.1, -0.05) is 0 Å². The number of piperazine rings is 1. The number of methoxy groups -OCH3 is 1. The van der Waals surface area contributed by atoms with E-state index in [1.165, 1.54) is 12.0 Å². The van der Waals surface area contributed by atoms with Gasteiger partial charge in [0.05, 0.1) is 42.4 Å². The summed E-state index contributed by atoms with van der Waals surface area (Å²) in [4.78, 5) is 45.5. The molecule has 2 unspecified atom stereocenters. The third-order valence-corrected chi connectivity index (χ3v) is 6.13. The lowest BCUT2D eigenvalue weighted by molar-refractivity contribution is -0.138. The number of rotatable bonds is 5.